The summed E-state index contributed by atoms with van der Waals surface area (Å²) in [7, 11) is 3.01. The molecule has 2 aliphatic heterocycles. The van der Waals surface area contributed by atoms with Crippen molar-refractivity contribution < 1.29 is 33.4 Å². The first-order valence-electron chi connectivity index (χ1n) is 12.8. The normalized spacial score (nSPS) is 15.8. The first-order chi connectivity index (χ1) is 19.8. The molecule has 0 N–H and O–H groups in total. The summed E-state index contributed by atoms with van der Waals surface area (Å²) in [5.41, 5.74) is 0.632. The lowest BCUT2D eigenvalue weighted by molar-refractivity contribution is -0.385. The topological polar surface area (TPSA) is 141 Å². The molecule has 0 radical (unpaired) electrons. The Hall–Kier alpha value is -4.65. The number of hydrogen-bond donors (Lipinski definition) is 0. The summed E-state index contributed by atoms with van der Waals surface area (Å²) in [6.45, 7) is 3.73. The zero-order valence-electron chi connectivity index (χ0n) is 22.8. The van der Waals surface area contributed by atoms with Crippen molar-refractivity contribution >= 4 is 29.1 Å². The van der Waals surface area contributed by atoms with Crippen LogP contribution in [0.5, 0.6) is 23.0 Å². The number of rotatable bonds is 9. The zero-order valence-corrected chi connectivity index (χ0v) is 23.6. The third-order valence-electron chi connectivity index (χ3n) is 6.63. The highest BCUT2D eigenvalue weighted by atomic mass is 32.1. The van der Waals surface area contributed by atoms with Gasteiger partial charge >= 0.3 is 5.97 Å². The first kappa shape index (κ1) is 27.9. The maximum Gasteiger partial charge on any atom is 0.338 e. The molecule has 0 saturated heterocycles. The van der Waals surface area contributed by atoms with Crippen molar-refractivity contribution in [3.63, 3.8) is 0 Å². The highest BCUT2D eigenvalue weighted by molar-refractivity contribution is 7.07. The summed E-state index contributed by atoms with van der Waals surface area (Å²) in [6, 6.07) is 6.90. The van der Waals surface area contributed by atoms with Gasteiger partial charge in [-0.1, -0.05) is 24.7 Å². The van der Waals surface area contributed by atoms with Gasteiger partial charge < -0.3 is 23.7 Å². The number of nitrogens with zero attached hydrogens (tertiary/aromatic N) is 3. The van der Waals surface area contributed by atoms with Gasteiger partial charge in [-0.25, -0.2) is 9.79 Å². The molecule has 3 aromatic rings. The standard InChI is InChI=1S/C28H27N3O9S/c1-5-7-18-24(27(33)38-6-2)25(17-12-16(36-3)8-9-20(17)37-4)30-26(32)23(41-28(30)29-18)11-15-10-21-22(40-14-39-21)13-19(15)31(34)35/h8-13,25H,5-7,14H2,1-4H3/b23-11-/t25-/m0/s1. The van der Waals surface area contributed by atoms with Crippen molar-refractivity contribution in [2.24, 2.45) is 4.99 Å². The smallest absolute Gasteiger partial charge is 0.338 e. The molecule has 3 heterocycles. The average Bonchev–Trinajstić information content (AvgIpc) is 3.55. The highest BCUT2D eigenvalue weighted by Gasteiger charge is 2.36. The second kappa shape index (κ2) is 11.5. The number of nitro benzene ring substituents is 1. The molecule has 214 valence electrons. The quantitative estimate of drug-likeness (QED) is 0.212. The van der Waals surface area contributed by atoms with Crippen LogP contribution in [0.3, 0.4) is 0 Å². The van der Waals surface area contributed by atoms with Gasteiger partial charge in [0, 0.05) is 5.56 Å². The molecule has 41 heavy (non-hydrogen) atoms. The van der Waals surface area contributed by atoms with Crippen LogP contribution in [0.15, 0.2) is 51.4 Å². The number of carbonyl (C=O) groups is 1. The number of fused-ring (bicyclic) bond motifs is 2. The Morgan fingerprint density at radius 3 is 2.61 bits per heavy atom. The molecule has 5 rings (SSSR count). The van der Waals surface area contributed by atoms with Crippen LogP contribution < -0.4 is 33.8 Å². The predicted octanol–water partition coefficient (Wildman–Crippen LogP) is 3.23. The summed E-state index contributed by atoms with van der Waals surface area (Å²) in [5.74, 6) is 0.912. The van der Waals surface area contributed by atoms with E-state index >= 15 is 0 Å². The number of hydrogen-bond acceptors (Lipinski definition) is 11. The molecule has 0 saturated carbocycles. The van der Waals surface area contributed by atoms with Crippen molar-refractivity contribution in [2.45, 2.75) is 32.7 Å². The number of nitro groups is 1. The molecule has 0 unspecified atom stereocenters. The number of benzene rings is 2. The molecule has 0 bridgehead atoms. The summed E-state index contributed by atoms with van der Waals surface area (Å²) in [4.78, 5) is 43.9. The summed E-state index contributed by atoms with van der Waals surface area (Å²) < 4.78 is 28.8. The van der Waals surface area contributed by atoms with Gasteiger partial charge in [0.15, 0.2) is 16.3 Å². The largest absolute Gasteiger partial charge is 0.497 e. The van der Waals surface area contributed by atoms with Gasteiger partial charge in [0.05, 0.1) is 53.2 Å². The van der Waals surface area contributed by atoms with E-state index in [0.717, 1.165) is 11.3 Å². The van der Waals surface area contributed by atoms with Gasteiger partial charge in [-0.05, 0) is 43.7 Å². The van der Waals surface area contributed by atoms with E-state index in [-0.39, 0.29) is 40.5 Å². The van der Waals surface area contributed by atoms with Crippen LogP contribution >= 0.6 is 11.3 Å². The average molecular weight is 582 g/mol. The van der Waals surface area contributed by atoms with E-state index in [1.807, 2.05) is 6.92 Å². The molecule has 1 atom stereocenters. The van der Waals surface area contributed by atoms with Crippen LogP contribution in [0.1, 0.15) is 43.9 Å². The fraction of sp³-hybridized carbons (Fsp3) is 0.321. The lowest BCUT2D eigenvalue weighted by atomic mass is 9.93. The molecule has 13 heteroatoms. The number of carbonyl (C=O) groups excluding carboxylic acids is 1. The van der Waals surface area contributed by atoms with Gasteiger partial charge in [-0.2, -0.15) is 0 Å². The second-order valence-electron chi connectivity index (χ2n) is 9.04. The SMILES string of the molecule is CCCC1=C(C(=O)OCC)[C@H](c2cc(OC)ccc2OC)n2c(s/c(=C\c3cc4c(cc3[N+](=O)[O-])OCO4)c2=O)=N1. The minimum Gasteiger partial charge on any atom is -0.497 e. The van der Waals surface area contributed by atoms with Crippen molar-refractivity contribution in [3.8, 4) is 23.0 Å². The number of thiazole rings is 1. The van der Waals surface area contributed by atoms with Gasteiger partial charge in [0.25, 0.3) is 11.2 Å². The summed E-state index contributed by atoms with van der Waals surface area (Å²) in [6.07, 6.45) is 2.56. The molecular formula is C28H27N3O9S. The second-order valence-corrected chi connectivity index (χ2v) is 10.1. The van der Waals surface area contributed by atoms with Crippen LogP contribution in [0, 0.1) is 10.1 Å². The van der Waals surface area contributed by atoms with Crippen molar-refractivity contribution in [3.05, 3.63) is 82.5 Å². The molecule has 0 spiro atoms. The Kier molecular flexibility index (Phi) is 7.79. The maximum atomic E-state index is 14.1. The van der Waals surface area contributed by atoms with Crippen LogP contribution in [0.2, 0.25) is 0 Å². The lowest BCUT2D eigenvalue weighted by Gasteiger charge is -2.27. The lowest BCUT2D eigenvalue weighted by Crippen LogP contribution is -2.40. The molecule has 12 nitrogen and oxygen atoms in total. The minimum atomic E-state index is -0.953. The maximum absolute atomic E-state index is 14.1. The van der Waals surface area contributed by atoms with Crippen LogP contribution in [0.25, 0.3) is 6.08 Å². The van der Waals surface area contributed by atoms with Gasteiger partial charge in [0.1, 0.15) is 17.5 Å². The van der Waals surface area contributed by atoms with Crippen molar-refractivity contribution in [2.75, 3.05) is 27.6 Å². The van der Waals surface area contributed by atoms with Crippen molar-refractivity contribution in [1.82, 2.24) is 4.57 Å². The van der Waals surface area contributed by atoms with E-state index in [2.05, 4.69) is 0 Å². The molecule has 0 aliphatic carbocycles. The van der Waals surface area contributed by atoms with Crippen LogP contribution in [0.4, 0.5) is 5.69 Å². The number of ether oxygens (including phenoxy) is 5. The predicted molar refractivity (Wildman–Crippen MR) is 148 cm³/mol. The fourth-order valence-corrected chi connectivity index (χ4v) is 5.84. The van der Waals surface area contributed by atoms with Gasteiger partial charge in [0.2, 0.25) is 6.79 Å². The molecule has 2 aliphatic rings. The van der Waals surface area contributed by atoms with E-state index in [1.165, 1.54) is 37.0 Å². The van der Waals surface area contributed by atoms with Crippen molar-refractivity contribution in [1.29, 1.82) is 0 Å². The van der Waals surface area contributed by atoms with E-state index in [0.29, 0.717) is 46.2 Å². The van der Waals surface area contributed by atoms with E-state index in [9.17, 15) is 19.7 Å². The summed E-state index contributed by atoms with van der Waals surface area (Å²) in [5, 5.41) is 11.9. The molecule has 1 aromatic heterocycles. The Balaban J connectivity index is 1.81. The van der Waals surface area contributed by atoms with Gasteiger partial charge in [-0.15, -0.1) is 0 Å². The van der Waals surface area contributed by atoms with E-state index in [4.69, 9.17) is 28.7 Å². The number of methoxy groups -OCH3 is 2. The van der Waals surface area contributed by atoms with E-state index in [1.54, 1.807) is 25.1 Å². The third-order valence-corrected chi connectivity index (χ3v) is 7.61. The third kappa shape index (κ3) is 5.04. The molecule has 0 fully saturated rings. The number of allylic oxidation sites excluding steroid dienone is 1. The zero-order chi connectivity index (χ0) is 29.3. The molecular weight excluding hydrogens is 554 g/mol. The van der Waals surface area contributed by atoms with Crippen LogP contribution in [-0.4, -0.2) is 43.1 Å². The highest BCUT2D eigenvalue weighted by Crippen LogP contribution is 2.40. The number of aromatic nitrogens is 1. The Morgan fingerprint density at radius 2 is 1.95 bits per heavy atom. The summed E-state index contributed by atoms with van der Waals surface area (Å²) >= 11 is 1.06. The Bertz CT molecular complexity index is 1760. The number of esters is 1. The monoisotopic (exact) mass is 581 g/mol. The Labute approximate surface area is 237 Å². The molecule has 2 aromatic carbocycles. The fourth-order valence-electron chi connectivity index (χ4n) is 4.83. The van der Waals surface area contributed by atoms with Crippen LogP contribution in [-0.2, 0) is 9.53 Å². The molecule has 0 amide bonds. The first-order valence-corrected chi connectivity index (χ1v) is 13.6. The van der Waals surface area contributed by atoms with E-state index < -0.39 is 22.5 Å². The van der Waals surface area contributed by atoms with Gasteiger partial charge in [-0.3, -0.25) is 19.5 Å². The minimum absolute atomic E-state index is 0.0582. The Morgan fingerprint density at radius 1 is 1.20 bits per heavy atom.